The zero-order chi connectivity index (χ0) is 24.9. The first-order chi connectivity index (χ1) is 16.8. The number of pyridine rings is 1. The minimum atomic E-state index is -0.679. The molecular weight excluding hydrogens is 471 g/mol. The number of hydrogen-bond acceptors (Lipinski definition) is 6. The van der Waals surface area contributed by atoms with Crippen molar-refractivity contribution in [2.24, 2.45) is 5.73 Å². The summed E-state index contributed by atoms with van der Waals surface area (Å²) in [7, 11) is 0. The molecule has 182 valence electrons. The van der Waals surface area contributed by atoms with Crippen molar-refractivity contribution in [3.63, 3.8) is 0 Å². The number of rotatable bonds is 7. The summed E-state index contributed by atoms with van der Waals surface area (Å²) in [5.74, 6) is -0.587. The number of anilines is 4. The standard InChI is InChI=1S/C25H26ClFN6O2/c1-16(34)32-9-11-33(12-10-32)20-7-5-19(6-8-20)31-25-22(26)23(21(15-30-25)24(28)35)29-14-17-3-2-4-18(27)13-17/h2-8,13,15H,9-12,14H2,1H3,(H2,28,35)(H2,29,30,31). The molecule has 1 aromatic heterocycles. The summed E-state index contributed by atoms with van der Waals surface area (Å²) >= 11 is 6.59. The highest BCUT2D eigenvalue weighted by atomic mass is 35.5. The van der Waals surface area contributed by atoms with E-state index in [1.807, 2.05) is 29.2 Å². The third-order valence-corrected chi connectivity index (χ3v) is 6.23. The minimum absolute atomic E-state index is 0.0979. The Hall–Kier alpha value is -3.85. The molecule has 1 aliphatic heterocycles. The number of amides is 2. The number of aromatic nitrogens is 1. The van der Waals surface area contributed by atoms with Crippen molar-refractivity contribution in [1.82, 2.24) is 9.88 Å². The maximum atomic E-state index is 13.5. The van der Waals surface area contributed by atoms with Gasteiger partial charge in [-0.15, -0.1) is 0 Å². The average Bonchev–Trinajstić information content (AvgIpc) is 2.85. The van der Waals surface area contributed by atoms with E-state index in [4.69, 9.17) is 17.3 Å². The monoisotopic (exact) mass is 496 g/mol. The third-order valence-electron chi connectivity index (χ3n) is 5.86. The molecule has 35 heavy (non-hydrogen) atoms. The van der Waals surface area contributed by atoms with Crippen LogP contribution in [0.3, 0.4) is 0 Å². The second-order valence-electron chi connectivity index (χ2n) is 8.22. The Labute approximate surface area is 207 Å². The van der Waals surface area contributed by atoms with Crippen LogP contribution in [0, 0.1) is 5.82 Å². The van der Waals surface area contributed by atoms with E-state index in [0.29, 0.717) is 30.2 Å². The summed E-state index contributed by atoms with van der Waals surface area (Å²) < 4.78 is 13.5. The van der Waals surface area contributed by atoms with Crippen LogP contribution in [-0.4, -0.2) is 47.9 Å². The molecule has 0 aliphatic carbocycles. The smallest absolute Gasteiger partial charge is 0.252 e. The molecule has 0 saturated carbocycles. The van der Waals surface area contributed by atoms with Gasteiger partial charge in [0.2, 0.25) is 5.91 Å². The normalized spacial score (nSPS) is 13.5. The van der Waals surface area contributed by atoms with E-state index >= 15 is 0 Å². The number of halogens is 2. The molecule has 8 nitrogen and oxygen atoms in total. The first-order valence-electron chi connectivity index (χ1n) is 11.2. The summed E-state index contributed by atoms with van der Waals surface area (Å²) in [5.41, 5.74) is 8.46. The van der Waals surface area contributed by atoms with E-state index in [1.54, 1.807) is 19.1 Å². The summed E-state index contributed by atoms with van der Waals surface area (Å²) in [4.78, 5) is 31.8. The van der Waals surface area contributed by atoms with Gasteiger partial charge in [0.15, 0.2) is 5.82 Å². The van der Waals surface area contributed by atoms with Crippen LogP contribution in [0.5, 0.6) is 0 Å². The Morgan fingerprint density at radius 1 is 1.11 bits per heavy atom. The first-order valence-corrected chi connectivity index (χ1v) is 11.5. The van der Waals surface area contributed by atoms with Gasteiger partial charge in [-0.1, -0.05) is 23.7 Å². The Balaban J connectivity index is 1.48. The molecule has 3 aromatic rings. The van der Waals surface area contributed by atoms with Crippen LogP contribution in [0.1, 0.15) is 22.8 Å². The Morgan fingerprint density at radius 3 is 2.46 bits per heavy atom. The molecule has 4 rings (SSSR count). The molecule has 1 saturated heterocycles. The number of carbonyl (C=O) groups is 2. The van der Waals surface area contributed by atoms with Gasteiger partial charge in [-0.05, 0) is 42.0 Å². The van der Waals surface area contributed by atoms with Crippen LogP contribution >= 0.6 is 11.6 Å². The van der Waals surface area contributed by atoms with Crippen LogP contribution in [0.4, 0.5) is 27.3 Å². The summed E-state index contributed by atoms with van der Waals surface area (Å²) in [6.07, 6.45) is 1.35. The van der Waals surface area contributed by atoms with E-state index in [9.17, 15) is 14.0 Å². The lowest BCUT2D eigenvalue weighted by molar-refractivity contribution is -0.129. The number of nitrogens with zero attached hydrogens (tertiary/aromatic N) is 3. The van der Waals surface area contributed by atoms with Crippen LogP contribution in [0.25, 0.3) is 0 Å². The lowest BCUT2D eigenvalue weighted by atomic mass is 10.1. The van der Waals surface area contributed by atoms with Crippen LogP contribution in [0.15, 0.2) is 54.7 Å². The van der Waals surface area contributed by atoms with Crippen molar-refractivity contribution < 1.29 is 14.0 Å². The van der Waals surface area contributed by atoms with Gasteiger partial charge < -0.3 is 26.2 Å². The van der Waals surface area contributed by atoms with Crippen molar-refractivity contribution in [2.75, 3.05) is 41.7 Å². The molecule has 0 bridgehead atoms. The summed E-state index contributed by atoms with van der Waals surface area (Å²) in [5, 5.41) is 6.45. The fourth-order valence-electron chi connectivity index (χ4n) is 3.94. The summed E-state index contributed by atoms with van der Waals surface area (Å²) in [6, 6.07) is 13.9. The van der Waals surface area contributed by atoms with Gasteiger partial charge in [0.05, 0.1) is 11.3 Å². The molecule has 10 heteroatoms. The molecular formula is C25H26ClFN6O2. The van der Waals surface area contributed by atoms with E-state index < -0.39 is 5.91 Å². The Kier molecular flexibility index (Phi) is 7.36. The van der Waals surface area contributed by atoms with Crippen molar-refractivity contribution in [3.8, 4) is 0 Å². The number of nitrogens with two attached hydrogens (primary N) is 1. The highest BCUT2D eigenvalue weighted by Gasteiger charge is 2.20. The van der Waals surface area contributed by atoms with Gasteiger partial charge in [0, 0.05) is 57.2 Å². The van der Waals surface area contributed by atoms with Crippen molar-refractivity contribution >= 4 is 46.3 Å². The molecule has 0 radical (unpaired) electrons. The van der Waals surface area contributed by atoms with Crippen molar-refractivity contribution in [3.05, 3.63) is 76.7 Å². The molecule has 4 N–H and O–H groups in total. The van der Waals surface area contributed by atoms with Gasteiger partial charge in [0.25, 0.3) is 5.91 Å². The van der Waals surface area contributed by atoms with E-state index in [-0.39, 0.29) is 28.9 Å². The molecule has 1 aliphatic rings. The van der Waals surface area contributed by atoms with E-state index in [0.717, 1.165) is 24.5 Å². The second-order valence-corrected chi connectivity index (χ2v) is 8.60. The van der Waals surface area contributed by atoms with Gasteiger partial charge >= 0.3 is 0 Å². The zero-order valence-electron chi connectivity index (χ0n) is 19.2. The van der Waals surface area contributed by atoms with Crippen molar-refractivity contribution in [1.29, 1.82) is 0 Å². The van der Waals surface area contributed by atoms with Gasteiger partial charge in [-0.3, -0.25) is 9.59 Å². The number of nitrogens with one attached hydrogen (secondary N) is 2. The van der Waals surface area contributed by atoms with Crippen LogP contribution < -0.4 is 21.3 Å². The van der Waals surface area contributed by atoms with Crippen LogP contribution in [0.2, 0.25) is 5.02 Å². The zero-order valence-corrected chi connectivity index (χ0v) is 20.0. The Bertz CT molecular complexity index is 1230. The first kappa shape index (κ1) is 24.3. The molecule has 1 fully saturated rings. The fraction of sp³-hybridized carbons (Fsp3) is 0.240. The quantitative estimate of drug-likeness (QED) is 0.457. The van der Waals surface area contributed by atoms with E-state index in [2.05, 4.69) is 20.5 Å². The SMILES string of the molecule is CC(=O)N1CCN(c2ccc(Nc3ncc(C(N)=O)c(NCc4cccc(F)c4)c3Cl)cc2)CC1. The largest absolute Gasteiger partial charge is 0.379 e. The number of benzene rings is 2. The predicted molar refractivity (Wildman–Crippen MR) is 136 cm³/mol. The van der Waals surface area contributed by atoms with Gasteiger partial charge in [0.1, 0.15) is 10.8 Å². The molecule has 2 aromatic carbocycles. The fourth-order valence-corrected chi connectivity index (χ4v) is 4.21. The van der Waals surface area contributed by atoms with Crippen molar-refractivity contribution in [2.45, 2.75) is 13.5 Å². The predicted octanol–water partition coefficient (Wildman–Crippen LogP) is 4.00. The molecule has 0 spiro atoms. The molecule has 0 unspecified atom stereocenters. The number of primary amides is 1. The van der Waals surface area contributed by atoms with Gasteiger partial charge in [-0.2, -0.15) is 0 Å². The number of piperazine rings is 1. The molecule has 2 heterocycles. The maximum absolute atomic E-state index is 13.5. The molecule has 2 amide bonds. The van der Waals surface area contributed by atoms with Crippen LogP contribution in [-0.2, 0) is 11.3 Å². The maximum Gasteiger partial charge on any atom is 0.252 e. The third kappa shape index (κ3) is 5.81. The van der Waals surface area contributed by atoms with E-state index in [1.165, 1.54) is 18.3 Å². The topological polar surface area (TPSA) is 104 Å². The lowest BCUT2D eigenvalue weighted by Crippen LogP contribution is -2.48. The van der Waals surface area contributed by atoms with Gasteiger partial charge in [-0.25, -0.2) is 9.37 Å². The molecule has 0 atom stereocenters. The average molecular weight is 497 g/mol. The lowest BCUT2D eigenvalue weighted by Gasteiger charge is -2.35. The number of hydrogen-bond donors (Lipinski definition) is 3. The summed E-state index contributed by atoms with van der Waals surface area (Å²) in [6.45, 7) is 4.78. The highest BCUT2D eigenvalue weighted by molar-refractivity contribution is 6.36. The number of carbonyl (C=O) groups excluding carboxylic acids is 2. The highest BCUT2D eigenvalue weighted by Crippen LogP contribution is 2.34. The Morgan fingerprint density at radius 2 is 1.83 bits per heavy atom. The second kappa shape index (κ2) is 10.6. The minimum Gasteiger partial charge on any atom is -0.379 e.